The van der Waals surface area contributed by atoms with Crippen LogP contribution in [0.1, 0.15) is 17.3 Å². The van der Waals surface area contributed by atoms with Gasteiger partial charge in [0.1, 0.15) is 0 Å². The Kier molecular flexibility index (Phi) is 4.49. The topological polar surface area (TPSA) is 55.4 Å². The van der Waals surface area contributed by atoms with E-state index in [1.807, 2.05) is 0 Å². The minimum atomic E-state index is -0.474. The van der Waals surface area contributed by atoms with Crippen molar-refractivity contribution in [2.24, 2.45) is 0 Å². The minimum Gasteiger partial charge on any atom is -0.465 e. The van der Waals surface area contributed by atoms with Gasteiger partial charge in [0.15, 0.2) is 0 Å². The standard InChI is InChI=1S/C11H12BrNO3/c1-7(12)10(14)13-9-6-4-3-5-8(9)11(15)16-2/h3-7H,1-2H3,(H,13,14)/t7-/m0/s1. The van der Waals surface area contributed by atoms with E-state index in [1.165, 1.54) is 7.11 Å². The fraction of sp³-hybridized carbons (Fsp3) is 0.273. The number of carbonyl (C=O) groups is 2. The Morgan fingerprint density at radius 3 is 2.56 bits per heavy atom. The van der Waals surface area contributed by atoms with Gasteiger partial charge >= 0.3 is 5.97 Å². The van der Waals surface area contributed by atoms with Crippen molar-refractivity contribution in [2.45, 2.75) is 11.8 Å². The lowest BCUT2D eigenvalue weighted by Crippen LogP contribution is -2.21. The lowest BCUT2D eigenvalue weighted by molar-refractivity contribution is -0.115. The van der Waals surface area contributed by atoms with Gasteiger partial charge in [-0.15, -0.1) is 0 Å². The lowest BCUT2D eigenvalue weighted by atomic mass is 10.2. The number of halogens is 1. The third-order valence-electron chi connectivity index (χ3n) is 1.95. The Morgan fingerprint density at radius 1 is 1.38 bits per heavy atom. The van der Waals surface area contributed by atoms with Crippen LogP contribution in [0.5, 0.6) is 0 Å². The third kappa shape index (κ3) is 3.06. The van der Waals surface area contributed by atoms with Crippen LogP contribution in [0.4, 0.5) is 5.69 Å². The molecule has 4 nitrogen and oxygen atoms in total. The number of carbonyl (C=O) groups excluding carboxylic acids is 2. The highest BCUT2D eigenvalue weighted by atomic mass is 79.9. The number of para-hydroxylation sites is 1. The van der Waals surface area contributed by atoms with Gasteiger partial charge in [-0.25, -0.2) is 4.79 Å². The van der Waals surface area contributed by atoms with Crippen LogP contribution in [0.3, 0.4) is 0 Å². The quantitative estimate of drug-likeness (QED) is 0.684. The molecule has 0 saturated carbocycles. The van der Waals surface area contributed by atoms with Crippen LogP contribution >= 0.6 is 15.9 Å². The molecule has 1 atom stereocenters. The van der Waals surface area contributed by atoms with Crippen molar-refractivity contribution in [1.29, 1.82) is 0 Å². The number of methoxy groups -OCH3 is 1. The van der Waals surface area contributed by atoms with E-state index in [9.17, 15) is 9.59 Å². The normalized spacial score (nSPS) is 11.7. The highest BCUT2D eigenvalue weighted by Gasteiger charge is 2.15. The van der Waals surface area contributed by atoms with Crippen LogP contribution in [0.15, 0.2) is 24.3 Å². The van der Waals surface area contributed by atoms with Crippen LogP contribution in [0.2, 0.25) is 0 Å². The number of nitrogens with one attached hydrogen (secondary N) is 1. The molecule has 0 heterocycles. The first-order chi connectivity index (χ1) is 7.56. The summed E-state index contributed by atoms with van der Waals surface area (Å²) in [4.78, 5) is 22.5. The molecule has 0 aliphatic rings. The second kappa shape index (κ2) is 5.65. The maximum absolute atomic E-state index is 11.5. The third-order valence-corrected chi connectivity index (χ3v) is 2.37. The van der Waals surface area contributed by atoms with Gasteiger partial charge in [-0.3, -0.25) is 4.79 Å². The SMILES string of the molecule is COC(=O)c1ccccc1NC(=O)[C@H](C)Br. The maximum atomic E-state index is 11.5. The molecule has 0 unspecified atom stereocenters. The number of esters is 1. The predicted molar refractivity (Wildman–Crippen MR) is 64.8 cm³/mol. The van der Waals surface area contributed by atoms with E-state index in [1.54, 1.807) is 31.2 Å². The highest BCUT2D eigenvalue weighted by Crippen LogP contribution is 2.16. The number of ether oxygens (including phenoxy) is 1. The van der Waals surface area contributed by atoms with Gasteiger partial charge in [0.25, 0.3) is 0 Å². The van der Waals surface area contributed by atoms with Gasteiger partial charge in [0, 0.05) is 0 Å². The molecule has 1 amide bonds. The van der Waals surface area contributed by atoms with Gasteiger partial charge in [-0.1, -0.05) is 28.1 Å². The average Bonchev–Trinajstić information content (AvgIpc) is 2.28. The summed E-state index contributed by atoms with van der Waals surface area (Å²) in [7, 11) is 1.30. The van der Waals surface area contributed by atoms with Crippen molar-refractivity contribution in [3.8, 4) is 0 Å². The van der Waals surface area contributed by atoms with Gasteiger partial charge in [-0.2, -0.15) is 0 Å². The van der Waals surface area contributed by atoms with Crippen molar-refractivity contribution in [2.75, 3.05) is 12.4 Å². The number of hydrogen-bond acceptors (Lipinski definition) is 3. The molecule has 0 bridgehead atoms. The molecule has 0 aliphatic heterocycles. The zero-order valence-corrected chi connectivity index (χ0v) is 10.6. The van der Waals surface area contributed by atoms with Gasteiger partial charge < -0.3 is 10.1 Å². The summed E-state index contributed by atoms with van der Waals surface area (Å²) in [6, 6.07) is 6.69. The molecule has 0 radical (unpaired) electrons. The summed E-state index contributed by atoms with van der Waals surface area (Å²) in [5.74, 6) is -0.686. The van der Waals surface area contributed by atoms with Crippen molar-refractivity contribution in [3.63, 3.8) is 0 Å². The van der Waals surface area contributed by atoms with Crippen LogP contribution in [0.25, 0.3) is 0 Å². The number of amides is 1. The number of hydrogen-bond donors (Lipinski definition) is 1. The van der Waals surface area contributed by atoms with E-state index in [2.05, 4.69) is 26.0 Å². The second-order valence-corrected chi connectivity index (χ2v) is 4.52. The van der Waals surface area contributed by atoms with Crippen LogP contribution in [0, 0.1) is 0 Å². The van der Waals surface area contributed by atoms with E-state index in [4.69, 9.17) is 0 Å². The molecule has 16 heavy (non-hydrogen) atoms. The maximum Gasteiger partial charge on any atom is 0.339 e. The van der Waals surface area contributed by atoms with Crippen LogP contribution in [-0.2, 0) is 9.53 Å². The van der Waals surface area contributed by atoms with Crippen LogP contribution in [-0.4, -0.2) is 23.8 Å². The zero-order chi connectivity index (χ0) is 12.1. The Hall–Kier alpha value is -1.36. The van der Waals surface area contributed by atoms with Crippen molar-refractivity contribution in [1.82, 2.24) is 0 Å². The summed E-state index contributed by atoms with van der Waals surface area (Å²) in [6.07, 6.45) is 0. The summed E-state index contributed by atoms with van der Waals surface area (Å²) in [5, 5.41) is 2.64. The molecule has 1 aromatic carbocycles. The first kappa shape index (κ1) is 12.7. The zero-order valence-electron chi connectivity index (χ0n) is 8.99. The van der Waals surface area contributed by atoms with E-state index < -0.39 is 5.97 Å². The molecule has 86 valence electrons. The lowest BCUT2D eigenvalue weighted by Gasteiger charge is -2.10. The number of benzene rings is 1. The minimum absolute atomic E-state index is 0.212. The van der Waals surface area contributed by atoms with Crippen LogP contribution < -0.4 is 5.32 Å². The summed E-state index contributed by atoms with van der Waals surface area (Å²) in [6.45, 7) is 1.70. The summed E-state index contributed by atoms with van der Waals surface area (Å²) in [5.41, 5.74) is 0.789. The summed E-state index contributed by atoms with van der Waals surface area (Å²) >= 11 is 3.15. The van der Waals surface area contributed by atoms with E-state index in [0.29, 0.717) is 11.3 Å². The highest BCUT2D eigenvalue weighted by molar-refractivity contribution is 9.10. The Morgan fingerprint density at radius 2 is 2.00 bits per heavy atom. The first-order valence-corrected chi connectivity index (χ1v) is 5.60. The van der Waals surface area contributed by atoms with E-state index in [0.717, 1.165) is 0 Å². The largest absolute Gasteiger partial charge is 0.465 e. The molecular weight excluding hydrogens is 274 g/mol. The van der Waals surface area contributed by atoms with Crippen molar-refractivity contribution < 1.29 is 14.3 Å². The monoisotopic (exact) mass is 285 g/mol. The Bertz CT molecular complexity index is 404. The fourth-order valence-electron chi connectivity index (χ4n) is 1.11. The average molecular weight is 286 g/mol. The molecule has 1 rings (SSSR count). The fourth-order valence-corrected chi connectivity index (χ4v) is 1.23. The molecular formula is C11H12BrNO3. The second-order valence-electron chi connectivity index (χ2n) is 3.14. The Labute approximate surface area is 102 Å². The molecule has 0 fully saturated rings. The predicted octanol–water partition coefficient (Wildman–Crippen LogP) is 2.20. The molecule has 0 saturated heterocycles. The molecule has 1 N–H and O–H groups in total. The van der Waals surface area contributed by atoms with Gasteiger partial charge in [0.05, 0.1) is 23.2 Å². The van der Waals surface area contributed by atoms with Crippen molar-refractivity contribution in [3.05, 3.63) is 29.8 Å². The van der Waals surface area contributed by atoms with Gasteiger partial charge in [0.2, 0.25) is 5.91 Å². The molecule has 1 aromatic rings. The number of rotatable bonds is 3. The summed E-state index contributed by atoms with van der Waals surface area (Å²) < 4.78 is 4.62. The van der Waals surface area contributed by atoms with Crippen molar-refractivity contribution >= 4 is 33.5 Å². The first-order valence-electron chi connectivity index (χ1n) is 4.68. The van der Waals surface area contributed by atoms with E-state index >= 15 is 0 Å². The van der Waals surface area contributed by atoms with Gasteiger partial charge in [-0.05, 0) is 19.1 Å². The number of anilines is 1. The smallest absolute Gasteiger partial charge is 0.339 e. The molecule has 0 spiro atoms. The molecule has 0 aromatic heterocycles. The number of alkyl halides is 1. The van der Waals surface area contributed by atoms with E-state index in [-0.39, 0.29) is 10.7 Å². The molecule has 0 aliphatic carbocycles. The Balaban J connectivity index is 2.95. The molecule has 5 heteroatoms.